The molecular formula is C38H42O12. The van der Waals surface area contributed by atoms with Gasteiger partial charge in [-0.3, -0.25) is 0 Å². The van der Waals surface area contributed by atoms with Gasteiger partial charge in [0.15, 0.2) is 46.0 Å². The highest BCUT2D eigenvalue weighted by Crippen LogP contribution is 2.55. The highest BCUT2D eigenvalue weighted by Gasteiger charge is 2.32. The van der Waals surface area contributed by atoms with E-state index >= 15 is 0 Å². The molecule has 12 nitrogen and oxygen atoms in total. The molecule has 0 radical (unpaired) electrons. The summed E-state index contributed by atoms with van der Waals surface area (Å²) in [6.07, 6.45) is 2.53. The van der Waals surface area contributed by atoms with E-state index in [2.05, 4.69) is 12.1 Å². The molecule has 0 fully saturated rings. The van der Waals surface area contributed by atoms with Crippen molar-refractivity contribution in [1.82, 2.24) is 0 Å². The first kappa shape index (κ1) is 34.3. The van der Waals surface area contributed by atoms with E-state index in [4.69, 9.17) is 56.8 Å². The molecule has 0 aliphatic carbocycles. The monoisotopic (exact) mass is 690 g/mol. The minimum Gasteiger partial charge on any atom is -0.493 e. The molecule has 6 rings (SSSR count). The summed E-state index contributed by atoms with van der Waals surface area (Å²) in [7, 11) is 12.8. The molecule has 0 atom stereocenters. The third-order valence-corrected chi connectivity index (χ3v) is 8.86. The zero-order valence-electron chi connectivity index (χ0n) is 29.6. The van der Waals surface area contributed by atoms with Gasteiger partial charge in [0.2, 0.25) is 36.6 Å². The van der Waals surface area contributed by atoms with Crippen molar-refractivity contribution in [3.8, 4) is 80.1 Å². The quantitative estimate of drug-likeness (QED) is 0.137. The van der Waals surface area contributed by atoms with Crippen molar-refractivity contribution in [2.24, 2.45) is 0 Å². The maximum absolute atomic E-state index is 6.01. The van der Waals surface area contributed by atoms with E-state index in [0.29, 0.717) is 94.7 Å². The molecule has 4 aromatic rings. The minimum atomic E-state index is 0.0740. The van der Waals surface area contributed by atoms with Crippen molar-refractivity contribution in [3.63, 3.8) is 0 Å². The average molecular weight is 691 g/mol. The molecule has 50 heavy (non-hydrogen) atoms. The molecule has 0 unspecified atom stereocenters. The SMILES string of the molecule is COc1cc(CCc2cc(-c3cc(CCc4cc(OC)c(OC)c(OC)c4)c4c(c3OC)OCO4)c(OC)c3c2OCO3)cc(OC)c1OC. The fourth-order valence-electron chi connectivity index (χ4n) is 6.52. The Bertz CT molecular complexity index is 1680. The van der Waals surface area contributed by atoms with E-state index in [1.54, 1.807) is 56.9 Å². The van der Waals surface area contributed by atoms with E-state index in [9.17, 15) is 0 Å². The van der Waals surface area contributed by atoms with Gasteiger partial charge in [-0.05, 0) is 84.3 Å². The van der Waals surface area contributed by atoms with Crippen molar-refractivity contribution in [2.45, 2.75) is 25.7 Å². The van der Waals surface area contributed by atoms with Crippen LogP contribution in [0.2, 0.25) is 0 Å². The van der Waals surface area contributed by atoms with Crippen molar-refractivity contribution in [2.75, 3.05) is 70.5 Å². The van der Waals surface area contributed by atoms with Gasteiger partial charge in [0.1, 0.15) is 0 Å². The molecule has 0 amide bonds. The molecule has 12 heteroatoms. The van der Waals surface area contributed by atoms with Crippen molar-refractivity contribution in [1.29, 1.82) is 0 Å². The lowest BCUT2D eigenvalue weighted by Gasteiger charge is -2.19. The van der Waals surface area contributed by atoms with Crippen molar-refractivity contribution < 1.29 is 56.8 Å². The van der Waals surface area contributed by atoms with E-state index in [1.165, 1.54) is 0 Å². The second-order valence-electron chi connectivity index (χ2n) is 11.4. The number of fused-ring (bicyclic) bond motifs is 2. The normalized spacial score (nSPS) is 12.4. The highest BCUT2D eigenvalue weighted by molar-refractivity contribution is 5.85. The maximum Gasteiger partial charge on any atom is 0.231 e. The number of hydrogen-bond donors (Lipinski definition) is 0. The van der Waals surface area contributed by atoms with Crippen LogP contribution in [0.1, 0.15) is 22.3 Å². The van der Waals surface area contributed by atoms with Gasteiger partial charge in [-0.25, -0.2) is 0 Å². The fraction of sp³-hybridized carbons (Fsp3) is 0.368. The average Bonchev–Trinajstić information content (AvgIpc) is 3.85. The molecule has 0 aromatic heterocycles. The van der Waals surface area contributed by atoms with Crippen LogP contribution in [0.3, 0.4) is 0 Å². The summed E-state index contributed by atoms with van der Waals surface area (Å²) in [5.74, 6) is 6.84. The van der Waals surface area contributed by atoms with Crippen LogP contribution in [0, 0.1) is 0 Å². The summed E-state index contributed by atoms with van der Waals surface area (Å²) in [5.41, 5.74) is 5.39. The number of rotatable bonds is 15. The van der Waals surface area contributed by atoms with Gasteiger partial charge >= 0.3 is 0 Å². The first-order chi connectivity index (χ1) is 24.4. The van der Waals surface area contributed by atoms with Crippen molar-refractivity contribution >= 4 is 0 Å². The predicted octanol–water partition coefficient (Wildman–Crippen LogP) is 6.45. The second kappa shape index (κ2) is 14.9. The van der Waals surface area contributed by atoms with Gasteiger partial charge in [0.25, 0.3) is 0 Å². The summed E-state index contributed by atoms with van der Waals surface area (Å²) in [6.45, 7) is 0.148. The first-order valence-corrected chi connectivity index (χ1v) is 16.0. The zero-order chi connectivity index (χ0) is 35.4. The van der Waals surface area contributed by atoms with E-state index in [-0.39, 0.29) is 13.6 Å². The molecule has 4 aromatic carbocycles. The van der Waals surface area contributed by atoms with E-state index in [0.717, 1.165) is 33.4 Å². The number of hydrogen-bond acceptors (Lipinski definition) is 12. The van der Waals surface area contributed by atoms with Crippen LogP contribution in [0.5, 0.6) is 69.0 Å². The van der Waals surface area contributed by atoms with Crippen LogP contribution in [0.15, 0.2) is 36.4 Å². The standard InChI is InChI=1S/C38H42O12/c1-39-27-13-21(14-28(40-2)35(27)45-7)9-11-23-17-25(33(43-5)37-31(23)47-19-49-37)26-18-24(32-38(34(26)44-6)50-20-48-32)12-10-22-15-29(41-3)36(46-8)30(16-22)42-4/h13-18H,9-12,19-20H2,1-8H3. The van der Waals surface area contributed by atoms with E-state index in [1.807, 2.05) is 24.3 Å². The number of aryl methyl sites for hydroxylation is 4. The number of benzene rings is 4. The lowest BCUT2D eigenvalue weighted by atomic mass is 9.93. The molecule has 0 bridgehead atoms. The third kappa shape index (κ3) is 6.21. The largest absolute Gasteiger partial charge is 0.493 e. The molecule has 266 valence electrons. The van der Waals surface area contributed by atoms with Gasteiger partial charge in [-0.15, -0.1) is 0 Å². The summed E-state index contributed by atoms with van der Waals surface area (Å²) in [4.78, 5) is 0. The minimum absolute atomic E-state index is 0.0740. The smallest absolute Gasteiger partial charge is 0.231 e. The Hall–Kier alpha value is -5.52. The van der Waals surface area contributed by atoms with Gasteiger partial charge in [-0.2, -0.15) is 0 Å². The summed E-state index contributed by atoms with van der Waals surface area (Å²) in [5, 5.41) is 0. The summed E-state index contributed by atoms with van der Waals surface area (Å²) < 4.78 is 69.4. The van der Waals surface area contributed by atoms with Gasteiger partial charge in [0.05, 0.1) is 56.9 Å². The van der Waals surface area contributed by atoms with Crippen LogP contribution in [0.25, 0.3) is 11.1 Å². The Morgan fingerprint density at radius 1 is 0.380 bits per heavy atom. The van der Waals surface area contributed by atoms with Crippen molar-refractivity contribution in [3.05, 3.63) is 58.7 Å². The molecule has 0 saturated heterocycles. The zero-order valence-corrected chi connectivity index (χ0v) is 29.6. The lowest BCUT2D eigenvalue weighted by Crippen LogP contribution is -2.02. The third-order valence-electron chi connectivity index (χ3n) is 8.86. The van der Waals surface area contributed by atoms with Crippen LogP contribution in [-0.2, 0) is 25.7 Å². The Labute approximate surface area is 291 Å². The summed E-state index contributed by atoms with van der Waals surface area (Å²) >= 11 is 0. The molecule has 0 N–H and O–H groups in total. The Balaban J connectivity index is 1.41. The van der Waals surface area contributed by atoms with Crippen LogP contribution in [0.4, 0.5) is 0 Å². The van der Waals surface area contributed by atoms with Crippen LogP contribution < -0.4 is 56.8 Å². The Morgan fingerprint density at radius 2 is 0.700 bits per heavy atom. The molecule has 2 aliphatic rings. The first-order valence-electron chi connectivity index (χ1n) is 16.0. The summed E-state index contributed by atoms with van der Waals surface area (Å²) in [6, 6.07) is 11.9. The molecule has 0 spiro atoms. The van der Waals surface area contributed by atoms with Crippen LogP contribution >= 0.6 is 0 Å². The van der Waals surface area contributed by atoms with E-state index < -0.39 is 0 Å². The highest BCUT2D eigenvalue weighted by atomic mass is 16.7. The number of ether oxygens (including phenoxy) is 12. The maximum atomic E-state index is 6.01. The molecule has 0 saturated carbocycles. The van der Waals surface area contributed by atoms with Crippen LogP contribution in [-0.4, -0.2) is 70.5 Å². The van der Waals surface area contributed by atoms with Gasteiger partial charge in [-0.1, -0.05) is 0 Å². The van der Waals surface area contributed by atoms with Gasteiger partial charge < -0.3 is 56.8 Å². The molecule has 2 heterocycles. The predicted molar refractivity (Wildman–Crippen MR) is 184 cm³/mol. The second-order valence-corrected chi connectivity index (χ2v) is 11.4. The Kier molecular flexibility index (Phi) is 10.3. The number of methoxy groups -OCH3 is 8. The topological polar surface area (TPSA) is 111 Å². The van der Waals surface area contributed by atoms with Gasteiger partial charge in [0, 0.05) is 11.1 Å². The lowest BCUT2D eigenvalue weighted by molar-refractivity contribution is 0.170. The molecular weight excluding hydrogens is 648 g/mol. The Morgan fingerprint density at radius 3 is 1.00 bits per heavy atom. The fourth-order valence-corrected chi connectivity index (χ4v) is 6.52. The molecule has 2 aliphatic heterocycles.